The molecule has 1 fully saturated rings. The Bertz CT molecular complexity index is 1130. The van der Waals surface area contributed by atoms with E-state index in [0.29, 0.717) is 12.2 Å². The Kier molecular flexibility index (Phi) is 10.5. The summed E-state index contributed by atoms with van der Waals surface area (Å²) in [5, 5.41) is 3.13. The molecule has 2 aromatic rings. The van der Waals surface area contributed by atoms with Crippen molar-refractivity contribution in [2.75, 3.05) is 20.7 Å². The topological polar surface area (TPSA) is 96.0 Å². The first kappa shape index (κ1) is 28.7. The molecule has 1 atom stereocenters. The van der Waals surface area contributed by atoms with Gasteiger partial charge in [-0.2, -0.15) is 0 Å². The highest BCUT2D eigenvalue weighted by molar-refractivity contribution is 7.89. The summed E-state index contributed by atoms with van der Waals surface area (Å²) < 4.78 is 32.2. The molecule has 0 heterocycles. The van der Waals surface area contributed by atoms with Crippen LogP contribution in [0.25, 0.3) is 0 Å². The minimum absolute atomic E-state index is 0.125. The Hall–Kier alpha value is -2.91. The molecule has 8 nitrogen and oxygen atoms in total. The van der Waals surface area contributed by atoms with Crippen LogP contribution in [0.15, 0.2) is 59.5 Å². The Morgan fingerprint density at radius 1 is 1.05 bits per heavy atom. The lowest BCUT2D eigenvalue weighted by Gasteiger charge is -2.31. The molecular formula is C28H39N3O5S. The lowest BCUT2D eigenvalue weighted by atomic mass is 9.95. The number of hydrogen-bond donors (Lipinski definition) is 1. The summed E-state index contributed by atoms with van der Waals surface area (Å²) in [6.45, 7) is 2.20. The highest BCUT2D eigenvalue weighted by Crippen LogP contribution is 2.20. The summed E-state index contributed by atoms with van der Waals surface area (Å²) in [6.07, 6.45) is 5.79. The van der Waals surface area contributed by atoms with Crippen LogP contribution in [0, 0.1) is 0 Å². The highest BCUT2D eigenvalue weighted by Gasteiger charge is 2.28. The maximum Gasteiger partial charge on any atom is 0.242 e. The summed E-state index contributed by atoms with van der Waals surface area (Å²) in [5.41, 5.74) is 0.855. The highest BCUT2D eigenvalue weighted by atomic mass is 32.2. The smallest absolute Gasteiger partial charge is 0.242 e. The van der Waals surface area contributed by atoms with Crippen molar-refractivity contribution in [1.29, 1.82) is 0 Å². The van der Waals surface area contributed by atoms with E-state index in [4.69, 9.17) is 4.74 Å². The second-order valence-electron chi connectivity index (χ2n) is 9.64. The third-order valence-corrected chi connectivity index (χ3v) is 8.79. The molecule has 0 radical (unpaired) electrons. The molecule has 0 aromatic heterocycles. The predicted octanol–water partition coefficient (Wildman–Crippen LogP) is 3.96. The fourth-order valence-electron chi connectivity index (χ4n) is 4.61. The standard InChI is InChI=1S/C28H39N3O5S/c1-22(28(33)29-24-13-6-4-7-14-24)31(21-23-12-10-15-25(20-23)36-3)27(32)18-11-19-30(2)37(34,35)26-16-8-5-9-17-26/h5,8-10,12,15-17,20,22,24H,4,6-7,11,13-14,18-19,21H2,1-3H3,(H,29,33)/t22-/m1/s1. The van der Waals surface area contributed by atoms with Crippen molar-refractivity contribution in [2.24, 2.45) is 0 Å². The molecule has 9 heteroatoms. The quantitative estimate of drug-likeness (QED) is 0.449. The van der Waals surface area contributed by atoms with Gasteiger partial charge in [-0.1, -0.05) is 49.6 Å². The fourth-order valence-corrected chi connectivity index (χ4v) is 5.84. The molecule has 0 spiro atoms. The lowest BCUT2D eigenvalue weighted by molar-refractivity contribution is -0.141. The first-order valence-electron chi connectivity index (χ1n) is 13.0. The maximum atomic E-state index is 13.4. The monoisotopic (exact) mass is 529 g/mol. The van der Waals surface area contributed by atoms with Gasteiger partial charge < -0.3 is 15.0 Å². The van der Waals surface area contributed by atoms with E-state index in [1.165, 1.54) is 17.8 Å². The largest absolute Gasteiger partial charge is 0.497 e. The molecule has 3 rings (SSSR count). The first-order chi connectivity index (χ1) is 17.7. The Morgan fingerprint density at radius 2 is 1.76 bits per heavy atom. The minimum Gasteiger partial charge on any atom is -0.497 e. The molecule has 1 aliphatic carbocycles. The van der Waals surface area contributed by atoms with Crippen molar-refractivity contribution in [2.45, 2.75) is 75.4 Å². The van der Waals surface area contributed by atoms with E-state index in [0.717, 1.165) is 31.2 Å². The van der Waals surface area contributed by atoms with Crippen LogP contribution in [0.4, 0.5) is 0 Å². The molecule has 2 aromatic carbocycles. The van der Waals surface area contributed by atoms with Crippen LogP contribution >= 0.6 is 0 Å². The van der Waals surface area contributed by atoms with Crippen LogP contribution in [0.2, 0.25) is 0 Å². The van der Waals surface area contributed by atoms with Crippen LogP contribution in [-0.2, 0) is 26.2 Å². The number of nitrogens with one attached hydrogen (secondary N) is 1. The first-order valence-corrected chi connectivity index (χ1v) is 14.4. The average Bonchev–Trinajstić information content (AvgIpc) is 2.92. The van der Waals surface area contributed by atoms with Crippen molar-refractivity contribution in [3.63, 3.8) is 0 Å². The van der Waals surface area contributed by atoms with E-state index in [1.807, 2.05) is 24.3 Å². The molecule has 0 aliphatic heterocycles. The number of sulfonamides is 1. The summed E-state index contributed by atoms with van der Waals surface area (Å²) in [5.74, 6) is 0.323. The third kappa shape index (κ3) is 8.04. The van der Waals surface area contributed by atoms with Crippen molar-refractivity contribution in [1.82, 2.24) is 14.5 Å². The van der Waals surface area contributed by atoms with E-state index in [9.17, 15) is 18.0 Å². The summed E-state index contributed by atoms with van der Waals surface area (Å²) in [7, 11) is -0.529. The Balaban J connectivity index is 1.67. The number of carbonyl (C=O) groups is 2. The second kappa shape index (κ2) is 13.6. The molecule has 37 heavy (non-hydrogen) atoms. The second-order valence-corrected chi connectivity index (χ2v) is 11.7. The van der Waals surface area contributed by atoms with E-state index >= 15 is 0 Å². The normalized spacial score (nSPS) is 15.2. The van der Waals surface area contributed by atoms with Gasteiger partial charge in [0.25, 0.3) is 0 Å². The summed E-state index contributed by atoms with van der Waals surface area (Å²) in [4.78, 5) is 28.3. The number of methoxy groups -OCH3 is 1. The van der Waals surface area contributed by atoms with Gasteiger partial charge >= 0.3 is 0 Å². The minimum atomic E-state index is -3.63. The zero-order valence-corrected chi connectivity index (χ0v) is 22.9. The maximum absolute atomic E-state index is 13.4. The zero-order chi connectivity index (χ0) is 26.8. The zero-order valence-electron chi connectivity index (χ0n) is 22.1. The van der Waals surface area contributed by atoms with Gasteiger partial charge in [-0.3, -0.25) is 9.59 Å². The number of rotatable bonds is 12. The Labute approximate surface area is 221 Å². The molecule has 2 amide bonds. The summed E-state index contributed by atoms with van der Waals surface area (Å²) in [6, 6.07) is 15.2. The number of carbonyl (C=O) groups excluding carboxylic acids is 2. The molecule has 202 valence electrons. The van der Waals surface area contributed by atoms with Gasteiger partial charge in [-0.25, -0.2) is 12.7 Å². The third-order valence-electron chi connectivity index (χ3n) is 6.92. The van der Waals surface area contributed by atoms with E-state index in [-0.39, 0.29) is 42.3 Å². The van der Waals surface area contributed by atoms with Crippen LogP contribution < -0.4 is 10.1 Å². The average molecular weight is 530 g/mol. The van der Waals surface area contributed by atoms with E-state index in [1.54, 1.807) is 49.3 Å². The van der Waals surface area contributed by atoms with Gasteiger partial charge in [0.15, 0.2) is 0 Å². The number of amides is 2. The predicted molar refractivity (Wildman–Crippen MR) is 144 cm³/mol. The van der Waals surface area contributed by atoms with Crippen LogP contribution in [0.3, 0.4) is 0 Å². The molecule has 1 N–H and O–H groups in total. The van der Waals surface area contributed by atoms with Gasteiger partial charge in [-0.05, 0) is 56.0 Å². The van der Waals surface area contributed by atoms with Gasteiger partial charge in [0.1, 0.15) is 11.8 Å². The summed E-state index contributed by atoms with van der Waals surface area (Å²) >= 11 is 0. The molecule has 0 unspecified atom stereocenters. The van der Waals surface area contributed by atoms with Crippen molar-refractivity contribution in [3.8, 4) is 5.75 Å². The van der Waals surface area contributed by atoms with Crippen LogP contribution in [0.5, 0.6) is 5.75 Å². The molecule has 0 saturated heterocycles. The van der Waals surface area contributed by atoms with Crippen molar-refractivity contribution < 1.29 is 22.7 Å². The van der Waals surface area contributed by atoms with E-state index < -0.39 is 16.1 Å². The fraction of sp³-hybridized carbons (Fsp3) is 0.500. The van der Waals surface area contributed by atoms with Gasteiger partial charge in [-0.15, -0.1) is 0 Å². The number of hydrogen-bond acceptors (Lipinski definition) is 5. The SMILES string of the molecule is COc1cccc(CN(C(=O)CCCN(C)S(=O)(=O)c2ccccc2)[C@H](C)C(=O)NC2CCCCC2)c1. The van der Waals surface area contributed by atoms with Gasteiger partial charge in [0.05, 0.1) is 12.0 Å². The number of nitrogens with zero attached hydrogens (tertiary/aromatic N) is 2. The van der Waals surface area contributed by atoms with Gasteiger partial charge in [0.2, 0.25) is 21.8 Å². The van der Waals surface area contributed by atoms with Gasteiger partial charge in [0, 0.05) is 32.6 Å². The van der Waals surface area contributed by atoms with E-state index in [2.05, 4.69) is 5.32 Å². The van der Waals surface area contributed by atoms with Crippen LogP contribution in [-0.4, -0.2) is 62.2 Å². The Morgan fingerprint density at radius 3 is 2.43 bits per heavy atom. The van der Waals surface area contributed by atoms with Crippen LogP contribution in [0.1, 0.15) is 57.4 Å². The molecular weight excluding hydrogens is 490 g/mol. The molecule has 1 saturated carbocycles. The number of benzene rings is 2. The molecule has 1 aliphatic rings. The lowest BCUT2D eigenvalue weighted by Crippen LogP contribution is -2.50. The van der Waals surface area contributed by atoms with Crippen molar-refractivity contribution in [3.05, 3.63) is 60.2 Å². The number of ether oxygens (including phenoxy) is 1. The van der Waals surface area contributed by atoms with Crippen molar-refractivity contribution >= 4 is 21.8 Å². The molecule has 0 bridgehead atoms.